The van der Waals surface area contributed by atoms with E-state index in [1.165, 1.54) is 0 Å². The number of hydrogen-bond donors (Lipinski definition) is 1. The van der Waals surface area contributed by atoms with Gasteiger partial charge in [-0.3, -0.25) is 10.0 Å². The molecule has 2 aromatic carbocycles. The van der Waals surface area contributed by atoms with Gasteiger partial charge in [0, 0.05) is 12.3 Å². The second-order valence-corrected chi connectivity index (χ2v) is 5.55. The smallest absolute Gasteiger partial charge is 0.246 e. The third-order valence-corrected chi connectivity index (χ3v) is 4.25. The van der Waals surface area contributed by atoms with E-state index >= 15 is 0 Å². The Labute approximate surface area is 129 Å². The highest BCUT2D eigenvalue weighted by Crippen LogP contribution is 2.39. The number of amides is 1. The maximum absolute atomic E-state index is 12.0. The molecule has 114 valence electrons. The number of rotatable bonds is 4. The van der Waals surface area contributed by atoms with Gasteiger partial charge in [-0.1, -0.05) is 48.5 Å². The number of nitrogens with zero attached hydrogens (tertiary/aromatic N) is 1. The number of ether oxygens (including phenoxy) is 1. The monoisotopic (exact) mass is 297 g/mol. The van der Waals surface area contributed by atoms with Gasteiger partial charge in [0.05, 0.1) is 13.2 Å². The van der Waals surface area contributed by atoms with Crippen molar-refractivity contribution in [3.05, 3.63) is 65.7 Å². The molecule has 0 aromatic heterocycles. The summed E-state index contributed by atoms with van der Waals surface area (Å²) in [7, 11) is 1.62. The molecule has 0 saturated carbocycles. The van der Waals surface area contributed by atoms with Crippen molar-refractivity contribution in [3.63, 3.8) is 0 Å². The van der Waals surface area contributed by atoms with Gasteiger partial charge in [0.1, 0.15) is 5.75 Å². The number of hydroxylamine groups is 2. The van der Waals surface area contributed by atoms with Crippen LogP contribution in [0.4, 0.5) is 0 Å². The summed E-state index contributed by atoms with van der Waals surface area (Å²) >= 11 is 0. The predicted octanol–water partition coefficient (Wildman–Crippen LogP) is 3.01. The highest BCUT2D eigenvalue weighted by molar-refractivity contribution is 5.79. The fourth-order valence-electron chi connectivity index (χ4n) is 3.15. The van der Waals surface area contributed by atoms with Gasteiger partial charge in [-0.15, -0.1) is 0 Å². The van der Waals surface area contributed by atoms with Crippen LogP contribution in [0.1, 0.15) is 23.5 Å². The van der Waals surface area contributed by atoms with Gasteiger partial charge < -0.3 is 4.74 Å². The van der Waals surface area contributed by atoms with Gasteiger partial charge >= 0.3 is 0 Å². The van der Waals surface area contributed by atoms with E-state index in [1.807, 2.05) is 54.6 Å². The Hall–Kier alpha value is -2.33. The largest absolute Gasteiger partial charge is 0.496 e. The van der Waals surface area contributed by atoms with E-state index in [-0.39, 0.29) is 17.9 Å². The Balaban J connectivity index is 1.93. The number of hydrogen-bond acceptors (Lipinski definition) is 3. The topological polar surface area (TPSA) is 49.8 Å². The van der Waals surface area contributed by atoms with E-state index < -0.39 is 0 Å². The standard InChI is InChI=1S/C18H19NO3/c1-22-17-10-6-5-9-14(17)15-12-18(20)19(21)16(15)11-13-7-3-2-4-8-13/h2-10,15-16,21H,11-12H2,1H3. The van der Waals surface area contributed by atoms with Crippen LogP contribution in [0, 0.1) is 0 Å². The lowest BCUT2D eigenvalue weighted by molar-refractivity contribution is -0.165. The van der Waals surface area contributed by atoms with E-state index in [9.17, 15) is 10.0 Å². The minimum atomic E-state index is -0.272. The molecule has 1 fully saturated rings. The zero-order valence-corrected chi connectivity index (χ0v) is 12.5. The van der Waals surface area contributed by atoms with Crippen LogP contribution in [0.3, 0.4) is 0 Å². The molecule has 1 aliphatic heterocycles. The zero-order valence-electron chi connectivity index (χ0n) is 12.5. The molecule has 1 N–H and O–H groups in total. The predicted molar refractivity (Wildman–Crippen MR) is 82.9 cm³/mol. The molecule has 3 rings (SSSR count). The number of benzene rings is 2. The molecule has 0 aliphatic carbocycles. The molecule has 2 aromatic rings. The molecular formula is C18H19NO3. The summed E-state index contributed by atoms with van der Waals surface area (Å²) in [4.78, 5) is 12.0. The number of para-hydroxylation sites is 1. The van der Waals surface area contributed by atoms with Crippen molar-refractivity contribution in [2.75, 3.05) is 7.11 Å². The van der Waals surface area contributed by atoms with Gasteiger partial charge in [0.25, 0.3) is 0 Å². The number of methoxy groups -OCH3 is 1. The van der Waals surface area contributed by atoms with Crippen LogP contribution < -0.4 is 4.74 Å². The molecule has 4 nitrogen and oxygen atoms in total. The summed E-state index contributed by atoms with van der Waals surface area (Å²) in [5.41, 5.74) is 2.07. The normalized spacial score (nSPS) is 21.2. The van der Waals surface area contributed by atoms with E-state index in [0.717, 1.165) is 21.9 Å². The highest BCUT2D eigenvalue weighted by Gasteiger charge is 2.41. The molecule has 0 spiro atoms. The molecular weight excluding hydrogens is 278 g/mol. The maximum atomic E-state index is 12.0. The molecule has 4 heteroatoms. The quantitative estimate of drug-likeness (QED) is 0.883. The Kier molecular flexibility index (Phi) is 4.11. The van der Waals surface area contributed by atoms with Crippen molar-refractivity contribution in [3.8, 4) is 5.75 Å². The Morgan fingerprint density at radius 2 is 1.82 bits per heavy atom. The van der Waals surface area contributed by atoms with Crippen LogP contribution in [0.5, 0.6) is 5.75 Å². The summed E-state index contributed by atoms with van der Waals surface area (Å²) in [6.45, 7) is 0. The number of carbonyl (C=O) groups is 1. The maximum Gasteiger partial charge on any atom is 0.246 e. The van der Waals surface area contributed by atoms with Crippen molar-refractivity contribution >= 4 is 5.91 Å². The molecule has 2 unspecified atom stereocenters. The van der Waals surface area contributed by atoms with Crippen molar-refractivity contribution in [2.24, 2.45) is 0 Å². The minimum absolute atomic E-state index is 0.0751. The molecule has 0 bridgehead atoms. The Morgan fingerprint density at radius 1 is 1.14 bits per heavy atom. The molecule has 2 atom stereocenters. The van der Waals surface area contributed by atoms with E-state index in [0.29, 0.717) is 12.8 Å². The van der Waals surface area contributed by atoms with Gasteiger partial charge in [-0.2, -0.15) is 0 Å². The van der Waals surface area contributed by atoms with Crippen LogP contribution in [0.25, 0.3) is 0 Å². The third-order valence-electron chi connectivity index (χ3n) is 4.25. The summed E-state index contributed by atoms with van der Waals surface area (Å²) in [5.74, 6) is 0.444. The van der Waals surface area contributed by atoms with Crippen molar-refractivity contribution in [1.82, 2.24) is 5.06 Å². The average molecular weight is 297 g/mol. The summed E-state index contributed by atoms with van der Waals surface area (Å²) in [6.07, 6.45) is 0.917. The lowest BCUT2D eigenvalue weighted by Crippen LogP contribution is -2.33. The van der Waals surface area contributed by atoms with Gasteiger partial charge in [-0.25, -0.2) is 5.06 Å². The second kappa shape index (κ2) is 6.20. The van der Waals surface area contributed by atoms with Crippen LogP contribution in [-0.2, 0) is 11.2 Å². The molecule has 1 aliphatic rings. The van der Waals surface area contributed by atoms with E-state index in [2.05, 4.69) is 0 Å². The fraction of sp³-hybridized carbons (Fsp3) is 0.278. The van der Waals surface area contributed by atoms with Crippen LogP contribution in [0.2, 0.25) is 0 Å². The average Bonchev–Trinajstić information content (AvgIpc) is 2.84. The van der Waals surface area contributed by atoms with Crippen LogP contribution in [0.15, 0.2) is 54.6 Å². The van der Waals surface area contributed by atoms with Gasteiger partial charge in [0.15, 0.2) is 0 Å². The van der Waals surface area contributed by atoms with Gasteiger partial charge in [-0.05, 0) is 23.6 Å². The lowest BCUT2D eigenvalue weighted by Gasteiger charge is -2.24. The van der Waals surface area contributed by atoms with E-state index in [1.54, 1.807) is 7.11 Å². The molecule has 1 amide bonds. The SMILES string of the molecule is COc1ccccc1C1CC(=O)N(O)C1Cc1ccccc1. The Morgan fingerprint density at radius 3 is 2.55 bits per heavy atom. The van der Waals surface area contributed by atoms with Crippen LogP contribution in [-0.4, -0.2) is 29.3 Å². The minimum Gasteiger partial charge on any atom is -0.496 e. The third kappa shape index (κ3) is 2.70. The first-order valence-electron chi connectivity index (χ1n) is 7.38. The summed E-state index contributed by atoms with van der Waals surface area (Å²) < 4.78 is 5.42. The first kappa shape index (κ1) is 14.6. The Bertz CT molecular complexity index is 656. The summed E-state index contributed by atoms with van der Waals surface area (Å²) in [5, 5.41) is 11.1. The summed E-state index contributed by atoms with van der Waals surface area (Å²) in [6, 6.07) is 17.3. The van der Waals surface area contributed by atoms with Gasteiger partial charge in [0.2, 0.25) is 5.91 Å². The molecule has 0 radical (unpaired) electrons. The fourth-order valence-corrected chi connectivity index (χ4v) is 3.15. The first-order valence-corrected chi connectivity index (χ1v) is 7.38. The first-order chi connectivity index (χ1) is 10.7. The zero-order chi connectivity index (χ0) is 15.5. The van der Waals surface area contributed by atoms with Crippen molar-refractivity contribution in [2.45, 2.75) is 24.8 Å². The lowest BCUT2D eigenvalue weighted by atomic mass is 9.87. The van der Waals surface area contributed by atoms with E-state index in [4.69, 9.17) is 4.74 Å². The van der Waals surface area contributed by atoms with Crippen LogP contribution >= 0.6 is 0 Å². The van der Waals surface area contributed by atoms with Crippen molar-refractivity contribution < 1.29 is 14.7 Å². The molecule has 1 heterocycles. The molecule has 1 saturated heterocycles. The van der Waals surface area contributed by atoms with Crippen molar-refractivity contribution in [1.29, 1.82) is 0 Å². The number of carbonyl (C=O) groups excluding carboxylic acids is 1. The molecule has 22 heavy (non-hydrogen) atoms. The highest BCUT2D eigenvalue weighted by atomic mass is 16.5. The second-order valence-electron chi connectivity index (χ2n) is 5.55.